The molecule has 4 rings (SSSR count). The van der Waals surface area contributed by atoms with Crippen molar-refractivity contribution in [3.63, 3.8) is 0 Å². The lowest BCUT2D eigenvalue weighted by molar-refractivity contribution is 0.287. The third-order valence-electron chi connectivity index (χ3n) is 5.47. The van der Waals surface area contributed by atoms with Crippen molar-refractivity contribution in [1.82, 2.24) is 36.7 Å². The minimum absolute atomic E-state index is 0.00973. The first-order valence-electron chi connectivity index (χ1n) is 11.0. The maximum absolute atomic E-state index is 9.11. The summed E-state index contributed by atoms with van der Waals surface area (Å²) in [4.78, 5) is 4.72. The Balaban J connectivity index is 1.52. The average Bonchev–Trinajstić information content (AvgIpc) is 3.47. The summed E-state index contributed by atoms with van der Waals surface area (Å²) in [5.74, 6) is 1.85. The number of unbranched alkanes of at least 4 members (excludes halogenated alkanes) is 1. The molecule has 5 N–H and O–H groups in total. The van der Waals surface area contributed by atoms with Crippen LogP contribution < -0.4 is 21.9 Å². The zero-order chi connectivity index (χ0) is 21.5. The Labute approximate surface area is 183 Å². The van der Waals surface area contributed by atoms with Gasteiger partial charge in [0.15, 0.2) is 5.82 Å². The van der Waals surface area contributed by atoms with Crippen molar-refractivity contribution in [1.29, 1.82) is 0 Å². The second kappa shape index (κ2) is 10.6. The lowest BCUT2D eigenvalue weighted by Gasteiger charge is -2.15. The van der Waals surface area contributed by atoms with Crippen molar-refractivity contribution in [3.8, 4) is 11.1 Å². The van der Waals surface area contributed by atoms with E-state index in [0.717, 1.165) is 30.9 Å². The Morgan fingerprint density at radius 3 is 2.48 bits per heavy atom. The summed E-state index contributed by atoms with van der Waals surface area (Å²) in [7, 11) is 0. The van der Waals surface area contributed by atoms with Crippen molar-refractivity contribution in [3.05, 3.63) is 71.3 Å². The van der Waals surface area contributed by atoms with E-state index in [4.69, 9.17) is 15.2 Å². The van der Waals surface area contributed by atoms with Gasteiger partial charge in [0.1, 0.15) is 12.0 Å². The molecule has 0 bridgehead atoms. The normalized spacial score (nSPS) is 14.4. The van der Waals surface area contributed by atoms with E-state index in [9.17, 15) is 0 Å². The number of aliphatic hydroxyl groups excluding tert-OH is 1. The third-order valence-corrected chi connectivity index (χ3v) is 5.47. The van der Waals surface area contributed by atoms with Crippen LogP contribution in [0.2, 0.25) is 0 Å². The van der Waals surface area contributed by atoms with Gasteiger partial charge in [-0.25, -0.2) is 20.5 Å². The topological polar surface area (TPSA) is 99.1 Å². The van der Waals surface area contributed by atoms with Gasteiger partial charge in [-0.2, -0.15) is 16.2 Å². The molecule has 2 heterocycles. The lowest BCUT2D eigenvalue weighted by Crippen LogP contribution is -2.33. The molecule has 0 spiro atoms. The lowest BCUT2D eigenvalue weighted by atomic mass is 9.97. The van der Waals surface area contributed by atoms with Gasteiger partial charge in [0, 0.05) is 19.4 Å². The maximum Gasteiger partial charge on any atom is 0.151 e. The largest absolute Gasteiger partial charge is 0.396 e. The summed E-state index contributed by atoms with van der Waals surface area (Å²) in [5, 5.41) is 13.8. The maximum atomic E-state index is 9.11. The quantitative estimate of drug-likeness (QED) is 0.343. The Morgan fingerprint density at radius 1 is 0.968 bits per heavy atom. The minimum atomic E-state index is -0.00973. The second-order valence-corrected chi connectivity index (χ2v) is 7.79. The van der Waals surface area contributed by atoms with Gasteiger partial charge >= 0.3 is 0 Å². The molecule has 3 aromatic rings. The SMILES string of the molecule is CCCCc1nc(CCCO)nn1Cc1ccc(-c2ccccc2C2NNNN2)cc1. The van der Waals surface area contributed by atoms with E-state index in [1.807, 2.05) is 10.7 Å². The summed E-state index contributed by atoms with van der Waals surface area (Å²) < 4.78 is 2.02. The number of hydrogen-bond acceptors (Lipinski definition) is 7. The number of aryl methyl sites for hydroxylation is 2. The molecule has 8 heteroatoms. The molecule has 31 heavy (non-hydrogen) atoms. The molecule has 1 aromatic heterocycles. The van der Waals surface area contributed by atoms with Gasteiger partial charge in [-0.1, -0.05) is 61.9 Å². The van der Waals surface area contributed by atoms with Gasteiger partial charge in [0.2, 0.25) is 0 Å². The zero-order valence-electron chi connectivity index (χ0n) is 17.9. The van der Waals surface area contributed by atoms with Crippen LogP contribution in [0.3, 0.4) is 0 Å². The van der Waals surface area contributed by atoms with Gasteiger partial charge in [-0.3, -0.25) is 0 Å². The van der Waals surface area contributed by atoms with Crippen LogP contribution in [0.4, 0.5) is 0 Å². The van der Waals surface area contributed by atoms with E-state index in [2.05, 4.69) is 71.3 Å². The van der Waals surface area contributed by atoms with Crippen LogP contribution in [0.1, 0.15) is 55.1 Å². The third kappa shape index (κ3) is 5.36. The van der Waals surface area contributed by atoms with Crippen molar-refractivity contribution < 1.29 is 5.11 Å². The Morgan fingerprint density at radius 2 is 1.74 bits per heavy atom. The molecule has 1 aliphatic heterocycles. The van der Waals surface area contributed by atoms with Crippen LogP contribution in [-0.4, -0.2) is 26.5 Å². The standard InChI is InChI=1S/C23H31N7O/c1-2-3-10-22-24-21(9-6-15-31)27-30(22)16-17-11-13-18(14-12-17)19-7-4-5-8-20(19)23-25-28-29-26-23/h4-5,7-8,11-14,23,25-26,28-29,31H,2-3,6,9-10,15-16H2,1H3. The summed E-state index contributed by atoms with van der Waals surface area (Å²) in [6, 6.07) is 17.0. The first-order chi connectivity index (χ1) is 15.3. The van der Waals surface area contributed by atoms with Gasteiger partial charge in [-0.05, 0) is 35.1 Å². The molecule has 8 nitrogen and oxygen atoms in total. The van der Waals surface area contributed by atoms with Crippen LogP contribution in [0.15, 0.2) is 48.5 Å². The Hall–Kier alpha value is -2.62. The molecule has 0 atom stereocenters. The highest BCUT2D eigenvalue weighted by Crippen LogP contribution is 2.28. The average molecular weight is 422 g/mol. The number of aromatic nitrogens is 3. The van der Waals surface area contributed by atoms with Crippen molar-refractivity contribution >= 4 is 0 Å². The number of hydrazine groups is 3. The smallest absolute Gasteiger partial charge is 0.151 e. The highest BCUT2D eigenvalue weighted by Gasteiger charge is 2.18. The van der Waals surface area contributed by atoms with Crippen LogP contribution in [0.25, 0.3) is 11.1 Å². The number of nitrogens with zero attached hydrogens (tertiary/aromatic N) is 3. The Kier molecular flexibility index (Phi) is 7.39. The monoisotopic (exact) mass is 421 g/mol. The molecular formula is C23H31N7O. The molecule has 1 fully saturated rings. The molecule has 2 aromatic carbocycles. The van der Waals surface area contributed by atoms with Crippen LogP contribution >= 0.6 is 0 Å². The van der Waals surface area contributed by atoms with Crippen LogP contribution in [-0.2, 0) is 19.4 Å². The number of hydrogen-bond donors (Lipinski definition) is 5. The molecule has 0 saturated carbocycles. The molecule has 0 aliphatic carbocycles. The van der Waals surface area contributed by atoms with E-state index >= 15 is 0 Å². The summed E-state index contributed by atoms with van der Waals surface area (Å²) in [6.45, 7) is 3.05. The fraction of sp³-hybridized carbons (Fsp3) is 0.391. The molecule has 164 valence electrons. The van der Waals surface area contributed by atoms with E-state index in [1.54, 1.807) is 0 Å². The van der Waals surface area contributed by atoms with Crippen LogP contribution in [0, 0.1) is 0 Å². The van der Waals surface area contributed by atoms with E-state index in [-0.39, 0.29) is 12.8 Å². The highest BCUT2D eigenvalue weighted by atomic mass is 16.2. The van der Waals surface area contributed by atoms with Crippen molar-refractivity contribution in [2.75, 3.05) is 6.61 Å². The first-order valence-corrected chi connectivity index (χ1v) is 11.0. The molecule has 1 saturated heterocycles. The number of benzene rings is 2. The number of nitrogens with one attached hydrogen (secondary N) is 4. The molecule has 0 amide bonds. The molecule has 0 unspecified atom stereocenters. The van der Waals surface area contributed by atoms with E-state index in [0.29, 0.717) is 19.4 Å². The fourth-order valence-electron chi connectivity index (χ4n) is 3.80. The van der Waals surface area contributed by atoms with Gasteiger partial charge in [0.25, 0.3) is 0 Å². The zero-order valence-corrected chi connectivity index (χ0v) is 17.9. The summed E-state index contributed by atoms with van der Waals surface area (Å²) >= 11 is 0. The van der Waals surface area contributed by atoms with Crippen LogP contribution in [0.5, 0.6) is 0 Å². The predicted octanol–water partition coefficient (Wildman–Crippen LogP) is 2.38. The van der Waals surface area contributed by atoms with E-state index < -0.39 is 0 Å². The van der Waals surface area contributed by atoms with Crippen molar-refractivity contribution in [2.24, 2.45) is 0 Å². The number of aliphatic hydroxyl groups is 1. The molecular weight excluding hydrogens is 390 g/mol. The van der Waals surface area contributed by atoms with E-state index in [1.165, 1.54) is 22.3 Å². The fourth-order valence-corrected chi connectivity index (χ4v) is 3.80. The van der Waals surface area contributed by atoms with Crippen molar-refractivity contribution in [2.45, 2.75) is 51.7 Å². The molecule has 0 radical (unpaired) electrons. The van der Waals surface area contributed by atoms with Gasteiger partial charge < -0.3 is 5.11 Å². The van der Waals surface area contributed by atoms with Gasteiger partial charge in [0.05, 0.1) is 6.54 Å². The summed E-state index contributed by atoms with van der Waals surface area (Å²) in [6.07, 6.45) is 4.55. The van der Waals surface area contributed by atoms with Gasteiger partial charge in [-0.15, -0.1) is 0 Å². The summed E-state index contributed by atoms with van der Waals surface area (Å²) in [5.41, 5.74) is 16.8. The minimum Gasteiger partial charge on any atom is -0.396 e. The number of rotatable bonds is 10. The Bertz CT molecular complexity index is 964. The highest BCUT2D eigenvalue weighted by molar-refractivity contribution is 5.68. The predicted molar refractivity (Wildman–Crippen MR) is 120 cm³/mol. The first kappa shape index (κ1) is 21.6. The molecule has 1 aliphatic rings. The second-order valence-electron chi connectivity index (χ2n) is 7.79.